The zero-order chi connectivity index (χ0) is 13.1. The van der Waals surface area contributed by atoms with Crippen molar-refractivity contribution in [1.82, 2.24) is 4.98 Å². The van der Waals surface area contributed by atoms with Crippen LogP contribution in [0.2, 0.25) is 5.02 Å². The molecular weight excluding hydrogens is 254 g/mol. The molecule has 6 heteroatoms. The molecule has 0 saturated heterocycles. The Morgan fingerprint density at radius 1 is 1.39 bits per heavy atom. The molecule has 0 spiro atoms. The summed E-state index contributed by atoms with van der Waals surface area (Å²) in [5, 5.41) is 12.3. The number of hydrogen-bond acceptors (Lipinski definition) is 4. The van der Waals surface area contributed by atoms with Crippen molar-refractivity contribution in [1.29, 1.82) is 0 Å². The summed E-state index contributed by atoms with van der Waals surface area (Å²) in [6, 6.07) is 7.50. The van der Waals surface area contributed by atoms with E-state index in [1.165, 1.54) is 24.4 Å². The van der Waals surface area contributed by atoms with Crippen molar-refractivity contribution in [3.63, 3.8) is 0 Å². The van der Waals surface area contributed by atoms with Crippen molar-refractivity contribution in [2.75, 3.05) is 11.1 Å². The van der Waals surface area contributed by atoms with E-state index in [1.807, 2.05) is 0 Å². The smallest absolute Gasteiger partial charge is 0.256 e. The highest BCUT2D eigenvalue weighted by atomic mass is 35.5. The van der Waals surface area contributed by atoms with Crippen LogP contribution in [0.3, 0.4) is 0 Å². The van der Waals surface area contributed by atoms with Gasteiger partial charge in [0.25, 0.3) is 5.91 Å². The van der Waals surface area contributed by atoms with E-state index < -0.39 is 5.91 Å². The molecule has 0 saturated carbocycles. The summed E-state index contributed by atoms with van der Waals surface area (Å²) < 4.78 is 0. The second-order valence-electron chi connectivity index (χ2n) is 3.56. The SMILES string of the molecule is Nc1ccc(C(=O)Nc2ncccc2Cl)cc1O. The number of nitrogens with zero attached hydrogens (tertiary/aromatic N) is 1. The Hall–Kier alpha value is -2.27. The summed E-state index contributed by atoms with van der Waals surface area (Å²) in [5.74, 6) is -0.304. The molecule has 18 heavy (non-hydrogen) atoms. The van der Waals surface area contributed by atoms with Crippen LogP contribution in [0.4, 0.5) is 11.5 Å². The Kier molecular flexibility index (Phi) is 3.34. The Bertz CT molecular complexity index is 602. The number of nitrogens with one attached hydrogen (secondary N) is 1. The van der Waals surface area contributed by atoms with Crippen molar-refractivity contribution >= 4 is 29.0 Å². The minimum atomic E-state index is -0.425. The highest BCUT2D eigenvalue weighted by Gasteiger charge is 2.10. The third-order valence-electron chi connectivity index (χ3n) is 2.28. The van der Waals surface area contributed by atoms with Gasteiger partial charge in [0.05, 0.1) is 10.7 Å². The lowest BCUT2D eigenvalue weighted by Crippen LogP contribution is -2.13. The van der Waals surface area contributed by atoms with E-state index in [-0.39, 0.29) is 22.8 Å². The highest BCUT2D eigenvalue weighted by molar-refractivity contribution is 6.33. The lowest BCUT2D eigenvalue weighted by atomic mass is 10.2. The first kappa shape index (κ1) is 12.2. The molecular formula is C12H10ClN3O2. The number of phenolic OH excluding ortho intramolecular Hbond substituents is 1. The number of phenols is 1. The normalized spacial score (nSPS) is 10.1. The van der Waals surface area contributed by atoms with Crippen LogP contribution in [-0.2, 0) is 0 Å². The third kappa shape index (κ3) is 2.52. The van der Waals surface area contributed by atoms with Crippen molar-refractivity contribution in [3.05, 3.63) is 47.1 Å². The predicted octanol–water partition coefficient (Wildman–Crippen LogP) is 2.28. The molecule has 1 heterocycles. The fourth-order valence-corrected chi connectivity index (χ4v) is 1.51. The van der Waals surface area contributed by atoms with Gasteiger partial charge in [0.15, 0.2) is 5.82 Å². The van der Waals surface area contributed by atoms with Crippen LogP contribution in [0.1, 0.15) is 10.4 Å². The zero-order valence-corrected chi connectivity index (χ0v) is 9.98. The van der Waals surface area contributed by atoms with E-state index in [1.54, 1.807) is 12.1 Å². The molecule has 0 aliphatic rings. The van der Waals surface area contributed by atoms with Gasteiger partial charge in [0, 0.05) is 11.8 Å². The maximum absolute atomic E-state index is 11.9. The van der Waals surface area contributed by atoms with Crippen molar-refractivity contribution < 1.29 is 9.90 Å². The van der Waals surface area contributed by atoms with Crippen LogP contribution < -0.4 is 11.1 Å². The number of aromatic nitrogens is 1. The molecule has 5 nitrogen and oxygen atoms in total. The molecule has 92 valence electrons. The molecule has 1 aromatic heterocycles. The van der Waals surface area contributed by atoms with Crippen LogP contribution in [0.15, 0.2) is 36.5 Å². The van der Waals surface area contributed by atoms with Crippen molar-refractivity contribution in [3.8, 4) is 5.75 Å². The topological polar surface area (TPSA) is 88.2 Å². The number of anilines is 2. The van der Waals surface area contributed by atoms with Crippen molar-refractivity contribution in [2.24, 2.45) is 0 Å². The number of rotatable bonds is 2. The fraction of sp³-hybridized carbons (Fsp3) is 0. The van der Waals surface area contributed by atoms with Crippen LogP contribution in [0.25, 0.3) is 0 Å². The second kappa shape index (κ2) is 4.93. The first-order chi connectivity index (χ1) is 8.58. The third-order valence-corrected chi connectivity index (χ3v) is 2.59. The average Bonchev–Trinajstić information content (AvgIpc) is 2.35. The number of halogens is 1. The number of benzene rings is 1. The van der Waals surface area contributed by atoms with E-state index in [0.717, 1.165) is 0 Å². The number of nitrogen functional groups attached to an aromatic ring is 1. The van der Waals surface area contributed by atoms with E-state index >= 15 is 0 Å². The van der Waals surface area contributed by atoms with Crippen LogP contribution in [0.5, 0.6) is 5.75 Å². The summed E-state index contributed by atoms with van der Waals surface area (Å²) in [6.07, 6.45) is 1.52. The summed E-state index contributed by atoms with van der Waals surface area (Å²) >= 11 is 5.87. The van der Waals surface area contributed by atoms with Gasteiger partial charge in [-0.25, -0.2) is 4.98 Å². The first-order valence-corrected chi connectivity index (χ1v) is 5.46. The van der Waals surface area contributed by atoms with Gasteiger partial charge in [-0.05, 0) is 30.3 Å². The second-order valence-corrected chi connectivity index (χ2v) is 3.97. The van der Waals surface area contributed by atoms with E-state index in [2.05, 4.69) is 10.3 Å². The number of pyridine rings is 1. The highest BCUT2D eigenvalue weighted by Crippen LogP contribution is 2.22. The zero-order valence-electron chi connectivity index (χ0n) is 9.22. The van der Waals surface area contributed by atoms with Gasteiger partial charge >= 0.3 is 0 Å². The summed E-state index contributed by atoms with van der Waals surface area (Å²) in [7, 11) is 0. The summed E-state index contributed by atoms with van der Waals surface area (Å²) in [5.41, 5.74) is 5.93. The van der Waals surface area contributed by atoms with Crippen LogP contribution in [-0.4, -0.2) is 16.0 Å². The first-order valence-electron chi connectivity index (χ1n) is 5.08. The van der Waals surface area contributed by atoms with Gasteiger partial charge in [-0.3, -0.25) is 4.79 Å². The number of aromatic hydroxyl groups is 1. The van der Waals surface area contributed by atoms with E-state index in [4.69, 9.17) is 17.3 Å². The lowest BCUT2D eigenvalue weighted by Gasteiger charge is -2.06. The molecule has 2 aromatic rings. The Morgan fingerprint density at radius 3 is 2.83 bits per heavy atom. The molecule has 0 radical (unpaired) electrons. The quantitative estimate of drug-likeness (QED) is 0.573. The molecule has 1 amide bonds. The molecule has 0 bridgehead atoms. The number of carbonyl (C=O) groups is 1. The maximum Gasteiger partial charge on any atom is 0.256 e. The lowest BCUT2D eigenvalue weighted by molar-refractivity contribution is 0.102. The molecule has 4 N–H and O–H groups in total. The summed E-state index contributed by atoms with van der Waals surface area (Å²) in [4.78, 5) is 15.8. The summed E-state index contributed by atoms with van der Waals surface area (Å²) in [6.45, 7) is 0. The number of carbonyl (C=O) groups excluding carboxylic acids is 1. The average molecular weight is 264 g/mol. The number of nitrogens with two attached hydrogens (primary N) is 1. The number of hydrogen-bond donors (Lipinski definition) is 3. The number of amides is 1. The minimum Gasteiger partial charge on any atom is -0.506 e. The molecule has 0 aliphatic carbocycles. The van der Waals surface area contributed by atoms with Gasteiger partial charge in [-0.1, -0.05) is 11.6 Å². The molecule has 0 aliphatic heterocycles. The molecule has 0 unspecified atom stereocenters. The molecule has 1 aromatic carbocycles. The molecule has 2 rings (SSSR count). The fourth-order valence-electron chi connectivity index (χ4n) is 1.34. The Labute approximate surface area is 108 Å². The maximum atomic E-state index is 11.9. The van der Waals surface area contributed by atoms with E-state index in [9.17, 15) is 9.90 Å². The van der Waals surface area contributed by atoms with Gasteiger partial charge in [-0.2, -0.15) is 0 Å². The van der Waals surface area contributed by atoms with Gasteiger partial charge < -0.3 is 16.2 Å². The van der Waals surface area contributed by atoms with Gasteiger partial charge in [0.2, 0.25) is 0 Å². The standard InChI is InChI=1S/C12H10ClN3O2/c13-8-2-1-5-15-11(8)16-12(18)7-3-4-9(14)10(17)6-7/h1-6,17H,14H2,(H,15,16,18). The Balaban J connectivity index is 2.22. The Morgan fingerprint density at radius 2 is 2.17 bits per heavy atom. The van der Waals surface area contributed by atoms with Crippen LogP contribution in [0, 0.1) is 0 Å². The monoisotopic (exact) mass is 263 g/mol. The van der Waals surface area contributed by atoms with E-state index in [0.29, 0.717) is 5.02 Å². The molecule has 0 atom stereocenters. The van der Waals surface area contributed by atoms with Crippen molar-refractivity contribution in [2.45, 2.75) is 0 Å². The molecule has 0 fully saturated rings. The minimum absolute atomic E-state index is 0.144. The predicted molar refractivity (Wildman–Crippen MR) is 69.7 cm³/mol. The largest absolute Gasteiger partial charge is 0.506 e. The van der Waals surface area contributed by atoms with Gasteiger partial charge in [0.1, 0.15) is 5.75 Å². The van der Waals surface area contributed by atoms with Gasteiger partial charge in [-0.15, -0.1) is 0 Å². The van der Waals surface area contributed by atoms with Crippen LogP contribution >= 0.6 is 11.6 Å².